The van der Waals surface area contributed by atoms with E-state index in [1.807, 2.05) is 36.4 Å². The summed E-state index contributed by atoms with van der Waals surface area (Å²) in [5, 5.41) is 4.90. The lowest BCUT2D eigenvalue weighted by Crippen LogP contribution is -2.17. The van der Waals surface area contributed by atoms with E-state index in [9.17, 15) is 9.59 Å². The summed E-state index contributed by atoms with van der Waals surface area (Å²) in [4.78, 5) is 31.3. The highest BCUT2D eigenvalue weighted by molar-refractivity contribution is 8.18. The maximum atomic E-state index is 11.7. The zero-order valence-electron chi connectivity index (χ0n) is 14.6. The van der Waals surface area contributed by atoms with Gasteiger partial charge in [-0.15, -0.1) is 0 Å². The van der Waals surface area contributed by atoms with E-state index in [1.165, 1.54) is 0 Å². The Kier molecular flexibility index (Phi) is 4.35. The van der Waals surface area contributed by atoms with Crippen LogP contribution < -0.4 is 5.32 Å². The molecule has 0 saturated carbocycles. The number of fused-ring (bicyclic) bond motifs is 2. The molecule has 0 unspecified atom stereocenters. The van der Waals surface area contributed by atoms with E-state index in [-0.39, 0.29) is 11.1 Å². The third kappa shape index (κ3) is 3.40. The number of hydrogen-bond donors (Lipinski definition) is 2. The summed E-state index contributed by atoms with van der Waals surface area (Å²) in [5.41, 5.74) is 3.35. The summed E-state index contributed by atoms with van der Waals surface area (Å²) >= 11 is 13.1. The average Bonchev–Trinajstić information content (AvgIpc) is 3.24. The van der Waals surface area contributed by atoms with Gasteiger partial charge < -0.3 is 4.98 Å². The van der Waals surface area contributed by atoms with E-state index >= 15 is 0 Å². The molecule has 0 spiro atoms. The highest BCUT2D eigenvalue weighted by atomic mass is 35.5. The number of imidazole rings is 1. The number of carbonyl (C=O) groups is 2. The van der Waals surface area contributed by atoms with Crippen LogP contribution in [0.5, 0.6) is 0 Å². The molecule has 4 aromatic rings. The molecule has 5 nitrogen and oxygen atoms in total. The Morgan fingerprint density at radius 2 is 1.69 bits per heavy atom. The molecule has 1 fully saturated rings. The molecular formula is C21H11Cl2N3O2S. The van der Waals surface area contributed by atoms with Crippen LogP contribution in [0.1, 0.15) is 5.56 Å². The minimum absolute atomic E-state index is 0.347. The summed E-state index contributed by atoms with van der Waals surface area (Å²) in [6.07, 6.45) is 1.71. The monoisotopic (exact) mass is 439 g/mol. The van der Waals surface area contributed by atoms with Gasteiger partial charge in [0.25, 0.3) is 11.1 Å². The Labute approximate surface area is 179 Å². The van der Waals surface area contributed by atoms with Gasteiger partial charge in [0.05, 0.1) is 26.0 Å². The molecule has 0 radical (unpaired) electrons. The normalized spacial score (nSPS) is 15.6. The van der Waals surface area contributed by atoms with E-state index in [2.05, 4.69) is 15.3 Å². The molecule has 0 bridgehead atoms. The fraction of sp³-hybridized carbons (Fsp3) is 0. The molecule has 1 aliphatic heterocycles. The van der Waals surface area contributed by atoms with Gasteiger partial charge in [0, 0.05) is 5.56 Å². The number of carbonyl (C=O) groups excluding carboxylic acids is 2. The van der Waals surface area contributed by atoms with Crippen molar-refractivity contribution in [1.29, 1.82) is 0 Å². The van der Waals surface area contributed by atoms with Crippen molar-refractivity contribution in [2.24, 2.45) is 0 Å². The zero-order chi connectivity index (χ0) is 20.1. The molecule has 1 aromatic heterocycles. The van der Waals surface area contributed by atoms with E-state index < -0.39 is 0 Å². The van der Waals surface area contributed by atoms with Crippen molar-refractivity contribution in [3.05, 3.63) is 69.0 Å². The quantitative estimate of drug-likeness (QED) is 0.374. The minimum Gasteiger partial charge on any atom is -0.338 e. The van der Waals surface area contributed by atoms with Crippen LogP contribution in [0.4, 0.5) is 4.79 Å². The van der Waals surface area contributed by atoms with Gasteiger partial charge in [-0.1, -0.05) is 47.5 Å². The maximum Gasteiger partial charge on any atom is 0.290 e. The Hall–Kier alpha value is -2.80. The standard InChI is InChI=1S/C21H11Cl2N3O2S/c22-14-8-16-17(9-15(14)23)25-19(24-16)13-4-3-11-5-10(1-2-12(11)7-13)6-18-20(27)26-21(28)29-18/h1-9H,(H,24,25)(H,26,27,28). The fourth-order valence-corrected chi connectivity index (χ4v) is 4.22. The first kappa shape index (κ1) is 18.2. The largest absolute Gasteiger partial charge is 0.338 e. The van der Waals surface area contributed by atoms with Crippen molar-refractivity contribution in [3.8, 4) is 11.4 Å². The summed E-state index contributed by atoms with van der Waals surface area (Å²) in [7, 11) is 0. The molecule has 142 valence electrons. The molecule has 29 heavy (non-hydrogen) atoms. The minimum atomic E-state index is -0.361. The van der Waals surface area contributed by atoms with Gasteiger partial charge in [-0.3, -0.25) is 14.9 Å². The Balaban J connectivity index is 1.52. The van der Waals surface area contributed by atoms with Crippen molar-refractivity contribution in [2.75, 3.05) is 0 Å². The van der Waals surface area contributed by atoms with Crippen molar-refractivity contribution >= 4 is 74.0 Å². The van der Waals surface area contributed by atoms with Crippen molar-refractivity contribution in [1.82, 2.24) is 15.3 Å². The van der Waals surface area contributed by atoms with Crippen molar-refractivity contribution in [2.45, 2.75) is 0 Å². The molecule has 1 saturated heterocycles. The number of nitrogens with zero attached hydrogens (tertiary/aromatic N) is 1. The smallest absolute Gasteiger partial charge is 0.290 e. The number of aromatic amines is 1. The molecule has 5 rings (SSSR count). The van der Waals surface area contributed by atoms with Crippen molar-refractivity contribution < 1.29 is 9.59 Å². The fourth-order valence-electron chi connectivity index (χ4n) is 3.22. The van der Waals surface area contributed by atoms with Crippen molar-refractivity contribution in [3.63, 3.8) is 0 Å². The highest BCUT2D eigenvalue weighted by Crippen LogP contribution is 2.31. The Bertz CT molecular complexity index is 1340. The third-order valence-electron chi connectivity index (χ3n) is 4.60. The van der Waals surface area contributed by atoms with Gasteiger partial charge in [0.1, 0.15) is 5.82 Å². The number of hydrogen-bond acceptors (Lipinski definition) is 4. The predicted molar refractivity (Wildman–Crippen MR) is 118 cm³/mol. The first-order chi connectivity index (χ1) is 14.0. The van der Waals surface area contributed by atoms with E-state index in [0.717, 1.165) is 50.5 Å². The third-order valence-corrected chi connectivity index (χ3v) is 6.13. The van der Waals surface area contributed by atoms with Gasteiger partial charge in [-0.25, -0.2) is 4.98 Å². The van der Waals surface area contributed by atoms with E-state index in [4.69, 9.17) is 23.2 Å². The SMILES string of the molecule is O=C1NC(=O)C(=Cc2ccc3cc(-c4nc5cc(Cl)c(Cl)cc5[nH]4)ccc3c2)S1. The highest BCUT2D eigenvalue weighted by Gasteiger charge is 2.24. The number of nitrogens with one attached hydrogen (secondary N) is 2. The lowest BCUT2D eigenvalue weighted by Gasteiger charge is -2.03. The van der Waals surface area contributed by atoms with E-state index in [1.54, 1.807) is 18.2 Å². The Morgan fingerprint density at radius 3 is 2.48 bits per heavy atom. The van der Waals surface area contributed by atoms with Crippen LogP contribution in [0.3, 0.4) is 0 Å². The van der Waals surface area contributed by atoms with Gasteiger partial charge in [-0.2, -0.15) is 0 Å². The second-order valence-electron chi connectivity index (χ2n) is 6.54. The molecule has 2 amide bonds. The number of imide groups is 1. The maximum absolute atomic E-state index is 11.7. The molecule has 1 aliphatic rings. The zero-order valence-corrected chi connectivity index (χ0v) is 17.0. The first-order valence-electron chi connectivity index (χ1n) is 8.60. The van der Waals surface area contributed by atoms with Crippen LogP contribution >= 0.6 is 35.0 Å². The van der Waals surface area contributed by atoms with Gasteiger partial charge in [0.2, 0.25) is 0 Å². The second-order valence-corrected chi connectivity index (χ2v) is 8.37. The molecule has 2 heterocycles. The molecule has 3 aromatic carbocycles. The van der Waals surface area contributed by atoms with Crippen LogP contribution in [-0.4, -0.2) is 21.1 Å². The van der Waals surface area contributed by atoms with Crippen LogP contribution in [0, 0.1) is 0 Å². The topological polar surface area (TPSA) is 74.8 Å². The molecule has 0 atom stereocenters. The number of thioether (sulfide) groups is 1. The summed E-state index contributed by atoms with van der Waals surface area (Å²) in [6, 6.07) is 15.4. The number of rotatable bonds is 2. The lowest BCUT2D eigenvalue weighted by atomic mass is 10.0. The first-order valence-corrected chi connectivity index (χ1v) is 10.2. The van der Waals surface area contributed by atoms with Gasteiger partial charge in [0.15, 0.2) is 0 Å². The Morgan fingerprint density at radius 1 is 0.931 bits per heavy atom. The van der Waals surface area contributed by atoms with Crippen LogP contribution in [0.15, 0.2) is 53.4 Å². The number of amides is 2. The number of H-pyrrole nitrogens is 1. The molecular weight excluding hydrogens is 429 g/mol. The van der Waals surface area contributed by atoms with Crippen LogP contribution in [0.2, 0.25) is 10.0 Å². The summed E-state index contributed by atoms with van der Waals surface area (Å²) < 4.78 is 0. The summed E-state index contributed by atoms with van der Waals surface area (Å²) in [6.45, 7) is 0. The number of aromatic nitrogens is 2. The van der Waals surface area contributed by atoms with Gasteiger partial charge >= 0.3 is 0 Å². The van der Waals surface area contributed by atoms with Crippen LogP contribution in [-0.2, 0) is 4.79 Å². The predicted octanol–water partition coefficient (Wildman–Crippen LogP) is 6.01. The number of halogens is 2. The van der Waals surface area contributed by atoms with Gasteiger partial charge in [-0.05, 0) is 58.4 Å². The van der Waals surface area contributed by atoms with Crippen LogP contribution in [0.25, 0.3) is 39.3 Å². The lowest BCUT2D eigenvalue weighted by molar-refractivity contribution is -0.115. The molecule has 8 heteroatoms. The second kappa shape index (κ2) is 6.91. The summed E-state index contributed by atoms with van der Waals surface area (Å²) in [5.74, 6) is 0.365. The number of benzene rings is 3. The average molecular weight is 440 g/mol. The molecule has 2 N–H and O–H groups in total. The molecule has 0 aliphatic carbocycles. The van der Waals surface area contributed by atoms with E-state index in [0.29, 0.717) is 15.0 Å².